The van der Waals surface area contributed by atoms with E-state index in [4.69, 9.17) is 10.9 Å². The molecule has 1 aromatic rings. The van der Waals surface area contributed by atoms with Crippen molar-refractivity contribution in [3.05, 3.63) is 28.2 Å². The Labute approximate surface area is 128 Å². The maximum absolute atomic E-state index is 9.03. The van der Waals surface area contributed by atoms with E-state index in [1.807, 2.05) is 12.1 Å². The molecule has 1 saturated carbocycles. The highest BCUT2D eigenvalue weighted by Crippen LogP contribution is 2.32. The van der Waals surface area contributed by atoms with Crippen LogP contribution < -0.4 is 10.6 Å². The molecule has 0 bridgehead atoms. The number of nitrogens with zero attached hydrogens (tertiary/aromatic N) is 2. The predicted octanol–water partition coefficient (Wildman–Crippen LogP) is 3.70. The topological polar surface area (TPSA) is 61.8 Å². The minimum Gasteiger partial charge on any atom is -0.409 e. The molecule has 1 aromatic carbocycles. The first-order valence-electron chi connectivity index (χ1n) is 7.22. The van der Waals surface area contributed by atoms with E-state index in [0.29, 0.717) is 6.04 Å². The van der Waals surface area contributed by atoms with Crippen molar-refractivity contribution in [2.75, 3.05) is 11.4 Å². The standard InChI is InChI=1S/C15H22BrN3O/c1-2-19(11-7-4-3-5-8-11)13-10-6-9-12(16)14(13)15(17)18-20/h6,9-11,20H,2-5,7-8H2,1H3,(H2,17,18). The third-order valence-electron chi connectivity index (χ3n) is 4.02. The normalized spacial score (nSPS) is 17.2. The molecule has 0 amide bonds. The largest absolute Gasteiger partial charge is 0.409 e. The van der Waals surface area contributed by atoms with Crippen LogP contribution in [0, 0.1) is 0 Å². The maximum Gasteiger partial charge on any atom is 0.173 e. The van der Waals surface area contributed by atoms with Gasteiger partial charge in [-0.1, -0.05) is 30.5 Å². The molecule has 0 spiro atoms. The average molecular weight is 340 g/mol. The van der Waals surface area contributed by atoms with E-state index in [9.17, 15) is 0 Å². The highest BCUT2D eigenvalue weighted by Gasteiger charge is 2.24. The van der Waals surface area contributed by atoms with Crippen molar-refractivity contribution in [3.8, 4) is 0 Å². The fraction of sp³-hybridized carbons (Fsp3) is 0.533. The van der Waals surface area contributed by atoms with Crippen molar-refractivity contribution in [1.29, 1.82) is 0 Å². The number of halogens is 1. The molecule has 0 radical (unpaired) electrons. The monoisotopic (exact) mass is 339 g/mol. The molecule has 0 aromatic heterocycles. The molecule has 1 aliphatic rings. The Morgan fingerprint density at radius 1 is 1.40 bits per heavy atom. The molecule has 5 heteroatoms. The zero-order chi connectivity index (χ0) is 14.5. The number of hydrogen-bond donors (Lipinski definition) is 2. The van der Waals surface area contributed by atoms with Crippen molar-refractivity contribution >= 4 is 27.5 Å². The van der Waals surface area contributed by atoms with Gasteiger partial charge in [0.1, 0.15) is 0 Å². The van der Waals surface area contributed by atoms with Gasteiger partial charge in [0, 0.05) is 22.7 Å². The summed E-state index contributed by atoms with van der Waals surface area (Å²) in [6.07, 6.45) is 6.34. The molecule has 20 heavy (non-hydrogen) atoms. The van der Waals surface area contributed by atoms with Gasteiger partial charge in [-0.2, -0.15) is 0 Å². The molecule has 0 heterocycles. The van der Waals surface area contributed by atoms with E-state index in [-0.39, 0.29) is 5.84 Å². The predicted molar refractivity (Wildman–Crippen MR) is 86.5 cm³/mol. The van der Waals surface area contributed by atoms with Crippen LogP contribution in [-0.2, 0) is 0 Å². The van der Waals surface area contributed by atoms with Gasteiger partial charge in [-0.25, -0.2) is 0 Å². The molecule has 0 atom stereocenters. The highest BCUT2D eigenvalue weighted by molar-refractivity contribution is 9.10. The summed E-state index contributed by atoms with van der Waals surface area (Å²) in [5.41, 5.74) is 7.69. The van der Waals surface area contributed by atoms with Gasteiger partial charge in [-0.05, 0) is 47.8 Å². The summed E-state index contributed by atoms with van der Waals surface area (Å²) in [5.74, 6) is 0.154. The number of hydrogen-bond acceptors (Lipinski definition) is 3. The minimum absolute atomic E-state index is 0.154. The Bertz CT molecular complexity index is 484. The number of amidine groups is 1. The first-order valence-corrected chi connectivity index (χ1v) is 8.01. The molecule has 4 nitrogen and oxygen atoms in total. The van der Waals surface area contributed by atoms with Gasteiger partial charge in [0.15, 0.2) is 5.84 Å². The first-order chi connectivity index (χ1) is 9.69. The second-order valence-electron chi connectivity index (χ2n) is 5.20. The Morgan fingerprint density at radius 2 is 2.10 bits per heavy atom. The maximum atomic E-state index is 9.03. The summed E-state index contributed by atoms with van der Waals surface area (Å²) in [5, 5.41) is 12.2. The van der Waals surface area contributed by atoms with Crippen molar-refractivity contribution in [1.82, 2.24) is 0 Å². The van der Waals surface area contributed by atoms with E-state index < -0.39 is 0 Å². The molecule has 1 fully saturated rings. The summed E-state index contributed by atoms with van der Waals surface area (Å²) in [6.45, 7) is 3.08. The zero-order valence-corrected chi connectivity index (χ0v) is 13.4. The van der Waals surface area contributed by atoms with Crippen LogP contribution in [-0.4, -0.2) is 23.6 Å². The van der Waals surface area contributed by atoms with E-state index >= 15 is 0 Å². The summed E-state index contributed by atoms with van der Waals surface area (Å²) in [6, 6.07) is 6.52. The van der Waals surface area contributed by atoms with Crippen LogP contribution in [0.15, 0.2) is 27.8 Å². The van der Waals surface area contributed by atoms with Crippen molar-refractivity contribution in [3.63, 3.8) is 0 Å². The number of rotatable bonds is 4. The van der Waals surface area contributed by atoms with Gasteiger partial charge < -0.3 is 15.8 Å². The van der Waals surface area contributed by atoms with E-state index in [0.717, 1.165) is 22.3 Å². The third kappa shape index (κ3) is 3.08. The lowest BCUT2D eigenvalue weighted by molar-refractivity contribution is 0.318. The van der Waals surface area contributed by atoms with Crippen molar-refractivity contribution < 1.29 is 5.21 Å². The molecule has 0 saturated heterocycles. The lowest BCUT2D eigenvalue weighted by Crippen LogP contribution is -2.38. The van der Waals surface area contributed by atoms with Gasteiger partial charge in [-0.15, -0.1) is 0 Å². The summed E-state index contributed by atoms with van der Waals surface area (Å²) >= 11 is 3.51. The van der Waals surface area contributed by atoms with E-state index in [1.165, 1.54) is 32.1 Å². The highest BCUT2D eigenvalue weighted by atomic mass is 79.9. The van der Waals surface area contributed by atoms with Gasteiger partial charge in [-0.3, -0.25) is 0 Å². The molecular formula is C15H22BrN3O. The van der Waals surface area contributed by atoms with Crippen LogP contribution in [0.5, 0.6) is 0 Å². The lowest BCUT2D eigenvalue weighted by Gasteiger charge is -2.36. The Balaban J connectivity index is 2.41. The fourth-order valence-corrected chi connectivity index (χ4v) is 3.63. The molecule has 1 aliphatic carbocycles. The molecule has 0 unspecified atom stereocenters. The number of anilines is 1. The first kappa shape index (κ1) is 15.2. The van der Waals surface area contributed by atoms with Gasteiger partial charge in [0.05, 0.1) is 5.56 Å². The van der Waals surface area contributed by atoms with Crippen LogP contribution in [0.3, 0.4) is 0 Å². The number of benzene rings is 1. The summed E-state index contributed by atoms with van der Waals surface area (Å²) < 4.78 is 0.861. The fourth-order valence-electron chi connectivity index (χ4n) is 3.07. The summed E-state index contributed by atoms with van der Waals surface area (Å²) in [7, 11) is 0. The average Bonchev–Trinajstić information content (AvgIpc) is 2.48. The third-order valence-corrected chi connectivity index (χ3v) is 4.68. The molecule has 3 N–H and O–H groups in total. The smallest absolute Gasteiger partial charge is 0.173 e. The van der Waals surface area contributed by atoms with Crippen LogP contribution in [0.25, 0.3) is 0 Å². The quantitative estimate of drug-likeness (QED) is 0.380. The van der Waals surface area contributed by atoms with Crippen LogP contribution >= 0.6 is 15.9 Å². The van der Waals surface area contributed by atoms with Crippen molar-refractivity contribution in [2.45, 2.75) is 45.1 Å². The second-order valence-corrected chi connectivity index (χ2v) is 6.05. The minimum atomic E-state index is 0.154. The van der Waals surface area contributed by atoms with Crippen LogP contribution in [0.2, 0.25) is 0 Å². The SMILES string of the molecule is CCN(c1cccc(Br)c1/C(N)=N/O)C1CCCCC1. The zero-order valence-electron chi connectivity index (χ0n) is 11.8. The van der Waals surface area contributed by atoms with Gasteiger partial charge in [0.2, 0.25) is 0 Å². The molecule has 110 valence electrons. The summed E-state index contributed by atoms with van der Waals surface area (Å²) in [4.78, 5) is 2.39. The number of oxime groups is 1. The lowest BCUT2D eigenvalue weighted by atomic mass is 9.93. The number of nitrogens with two attached hydrogens (primary N) is 1. The van der Waals surface area contributed by atoms with Crippen LogP contribution in [0.4, 0.5) is 5.69 Å². The van der Waals surface area contributed by atoms with Gasteiger partial charge >= 0.3 is 0 Å². The Kier molecular flexibility index (Phi) is 5.29. The molecular weight excluding hydrogens is 318 g/mol. The Hall–Kier alpha value is -1.23. The molecule has 0 aliphatic heterocycles. The second kappa shape index (κ2) is 6.97. The van der Waals surface area contributed by atoms with E-state index in [1.54, 1.807) is 0 Å². The molecule has 2 rings (SSSR count). The van der Waals surface area contributed by atoms with Gasteiger partial charge in [0.25, 0.3) is 0 Å². The van der Waals surface area contributed by atoms with Crippen molar-refractivity contribution in [2.24, 2.45) is 10.9 Å². The van der Waals surface area contributed by atoms with E-state index in [2.05, 4.69) is 39.0 Å². The van der Waals surface area contributed by atoms with Crippen LogP contribution in [0.1, 0.15) is 44.6 Å². The Morgan fingerprint density at radius 3 is 2.70 bits per heavy atom.